The first-order valence-electron chi connectivity index (χ1n) is 9.49. The van der Waals surface area contributed by atoms with E-state index in [1.165, 1.54) is 0 Å². The van der Waals surface area contributed by atoms with Crippen molar-refractivity contribution < 1.29 is 14.3 Å². The highest BCUT2D eigenvalue weighted by atomic mass is 16.6. The van der Waals surface area contributed by atoms with Crippen LogP contribution in [0.2, 0.25) is 0 Å². The highest BCUT2D eigenvalue weighted by molar-refractivity contribution is 5.76. The summed E-state index contributed by atoms with van der Waals surface area (Å²) in [5.41, 5.74) is 1.05. The van der Waals surface area contributed by atoms with E-state index in [-0.39, 0.29) is 5.91 Å². The fraction of sp³-hybridized carbons (Fsp3) is 0.571. The summed E-state index contributed by atoms with van der Waals surface area (Å²) in [4.78, 5) is 28.2. The molecule has 0 saturated heterocycles. The first-order valence-corrected chi connectivity index (χ1v) is 9.49. The van der Waals surface area contributed by atoms with Crippen molar-refractivity contribution in [1.29, 1.82) is 5.26 Å². The number of likely N-dealkylation sites (N-methyl/N-ethyl adjacent to an activating group) is 1. The molecule has 7 nitrogen and oxygen atoms in total. The van der Waals surface area contributed by atoms with Crippen molar-refractivity contribution in [2.24, 2.45) is 0 Å². The second-order valence-electron chi connectivity index (χ2n) is 7.96. The second kappa shape index (κ2) is 11.3. The third kappa shape index (κ3) is 9.93. The molecule has 0 heterocycles. The molecule has 0 saturated carbocycles. The van der Waals surface area contributed by atoms with Crippen molar-refractivity contribution in [2.45, 2.75) is 45.8 Å². The monoisotopic (exact) mass is 388 g/mol. The number of nitrogens with zero attached hydrogens (tertiary/aromatic N) is 3. The minimum Gasteiger partial charge on any atom is -0.444 e. The van der Waals surface area contributed by atoms with Crippen LogP contribution in [-0.4, -0.2) is 61.1 Å². The molecule has 1 rings (SSSR count). The van der Waals surface area contributed by atoms with E-state index in [1.807, 2.05) is 56.8 Å². The lowest BCUT2D eigenvalue weighted by Crippen LogP contribution is -2.37. The average molecular weight is 389 g/mol. The molecule has 0 radical (unpaired) electrons. The van der Waals surface area contributed by atoms with Gasteiger partial charge < -0.3 is 19.9 Å². The van der Waals surface area contributed by atoms with Crippen LogP contribution in [0.3, 0.4) is 0 Å². The Morgan fingerprint density at radius 1 is 1.14 bits per heavy atom. The smallest absolute Gasteiger partial charge is 0.407 e. The molecule has 0 aliphatic rings. The van der Waals surface area contributed by atoms with Crippen LogP contribution in [0.5, 0.6) is 0 Å². The summed E-state index contributed by atoms with van der Waals surface area (Å²) in [6.07, 6.45) is 0.422. The maximum atomic E-state index is 12.7. The average Bonchev–Trinajstić information content (AvgIpc) is 2.61. The van der Waals surface area contributed by atoms with E-state index >= 15 is 0 Å². The zero-order valence-corrected chi connectivity index (χ0v) is 17.6. The van der Waals surface area contributed by atoms with Crippen LogP contribution < -0.4 is 5.32 Å². The topological polar surface area (TPSA) is 85.7 Å². The Bertz CT molecular complexity index is 672. The minimum absolute atomic E-state index is 0.0391. The highest BCUT2D eigenvalue weighted by Crippen LogP contribution is 2.10. The number of ether oxygens (including phenoxy) is 1. The van der Waals surface area contributed by atoms with E-state index in [1.54, 1.807) is 12.1 Å². The van der Waals surface area contributed by atoms with Gasteiger partial charge in [0.2, 0.25) is 5.91 Å². The second-order valence-corrected chi connectivity index (χ2v) is 7.96. The first kappa shape index (κ1) is 23.4. The quantitative estimate of drug-likeness (QED) is 0.658. The van der Waals surface area contributed by atoms with Crippen molar-refractivity contribution >= 4 is 12.0 Å². The van der Waals surface area contributed by atoms with Gasteiger partial charge in [0.25, 0.3) is 0 Å². The lowest BCUT2D eigenvalue weighted by Gasteiger charge is -2.25. The Hall–Kier alpha value is -2.59. The number of hydrogen-bond acceptors (Lipinski definition) is 5. The van der Waals surface area contributed by atoms with E-state index in [9.17, 15) is 9.59 Å². The summed E-state index contributed by atoms with van der Waals surface area (Å²) in [6, 6.07) is 9.36. The summed E-state index contributed by atoms with van der Waals surface area (Å²) in [7, 11) is 3.93. The molecule has 2 amide bonds. The molecule has 0 spiro atoms. The normalized spacial score (nSPS) is 11.0. The molecule has 154 valence electrons. The molecule has 0 fully saturated rings. The van der Waals surface area contributed by atoms with E-state index in [2.05, 4.69) is 11.4 Å². The van der Waals surface area contributed by atoms with Gasteiger partial charge in [-0.2, -0.15) is 5.26 Å². The number of benzene rings is 1. The zero-order chi connectivity index (χ0) is 21.2. The van der Waals surface area contributed by atoms with Gasteiger partial charge in [0, 0.05) is 32.6 Å². The number of carbonyl (C=O) groups excluding carboxylic acids is 2. The minimum atomic E-state index is -0.538. The van der Waals surface area contributed by atoms with Gasteiger partial charge in [-0.25, -0.2) is 4.79 Å². The Kier molecular flexibility index (Phi) is 9.46. The van der Waals surface area contributed by atoms with E-state index in [4.69, 9.17) is 10.00 Å². The van der Waals surface area contributed by atoms with Crippen LogP contribution in [0.15, 0.2) is 24.3 Å². The molecular formula is C21H32N4O3. The van der Waals surface area contributed by atoms with E-state index in [0.29, 0.717) is 38.0 Å². The number of hydrogen-bond donors (Lipinski definition) is 1. The predicted molar refractivity (Wildman–Crippen MR) is 109 cm³/mol. The van der Waals surface area contributed by atoms with Gasteiger partial charge in [0.1, 0.15) is 5.60 Å². The molecule has 0 aliphatic heterocycles. The molecule has 0 aliphatic carbocycles. The molecule has 7 heteroatoms. The van der Waals surface area contributed by atoms with Crippen molar-refractivity contribution in [1.82, 2.24) is 15.1 Å². The van der Waals surface area contributed by atoms with Gasteiger partial charge in [-0.15, -0.1) is 0 Å². The van der Waals surface area contributed by atoms with E-state index in [0.717, 1.165) is 12.1 Å². The Morgan fingerprint density at radius 2 is 1.79 bits per heavy atom. The standard InChI is InChI=1S/C21H32N4O3/c1-21(2,3)28-20(27)23-12-6-7-19(26)25(14-13-24(4)5)16-18-10-8-17(15-22)9-11-18/h8-11H,6-7,12-14,16H2,1-5H3,(H,23,27). The number of alkyl carbamates (subject to hydrolysis) is 1. The maximum absolute atomic E-state index is 12.7. The first-order chi connectivity index (χ1) is 13.1. The number of rotatable bonds is 9. The Morgan fingerprint density at radius 3 is 2.32 bits per heavy atom. The van der Waals surface area contributed by atoms with E-state index < -0.39 is 11.7 Å². The fourth-order valence-corrected chi connectivity index (χ4v) is 2.42. The number of nitriles is 1. The van der Waals surface area contributed by atoms with Gasteiger partial charge in [-0.05, 0) is 59.0 Å². The van der Waals surface area contributed by atoms with Gasteiger partial charge in [0.15, 0.2) is 0 Å². The van der Waals surface area contributed by atoms with Crippen molar-refractivity contribution in [3.8, 4) is 6.07 Å². The van der Waals surface area contributed by atoms with Crippen LogP contribution in [0, 0.1) is 11.3 Å². The molecule has 1 N–H and O–H groups in total. The summed E-state index contributed by atoms with van der Waals surface area (Å²) in [5.74, 6) is 0.0391. The van der Waals surface area contributed by atoms with Crippen molar-refractivity contribution in [3.05, 3.63) is 35.4 Å². The number of nitrogens with one attached hydrogen (secondary N) is 1. The van der Waals surface area contributed by atoms with Gasteiger partial charge in [-0.1, -0.05) is 12.1 Å². The van der Waals surface area contributed by atoms with Gasteiger partial charge >= 0.3 is 6.09 Å². The Balaban J connectivity index is 2.54. The summed E-state index contributed by atoms with van der Waals surface area (Å²) < 4.78 is 5.18. The van der Waals surface area contributed by atoms with Crippen molar-refractivity contribution in [2.75, 3.05) is 33.7 Å². The highest BCUT2D eigenvalue weighted by Gasteiger charge is 2.17. The van der Waals surface area contributed by atoms with Crippen LogP contribution in [-0.2, 0) is 16.1 Å². The molecule has 28 heavy (non-hydrogen) atoms. The molecular weight excluding hydrogens is 356 g/mol. The van der Waals surface area contributed by atoms with Crippen LogP contribution >= 0.6 is 0 Å². The van der Waals surface area contributed by atoms with Gasteiger partial charge in [-0.3, -0.25) is 4.79 Å². The van der Waals surface area contributed by atoms with Crippen molar-refractivity contribution in [3.63, 3.8) is 0 Å². The summed E-state index contributed by atoms with van der Waals surface area (Å²) >= 11 is 0. The van der Waals surface area contributed by atoms with Gasteiger partial charge in [0.05, 0.1) is 11.6 Å². The van der Waals surface area contributed by atoms with Crippen LogP contribution in [0.4, 0.5) is 4.79 Å². The Labute approximate surface area is 168 Å². The number of amides is 2. The lowest BCUT2D eigenvalue weighted by atomic mass is 10.1. The van der Waals surface area contributed by atoms with Crippen LogP contribution in [0.25, 0.3) is 0 Å². The third-order valence-electron chi connectivity index (χ3n) is 3.86. The predicted octanol–water partition coefficient (Wildman–Crippen LogP) is 2.75. The third-order valence-corrected chi connectivity index (χ3v) is 3.86. The summed E-state index contributed by atoms with van der Waals surface area (Å²) in [6.45, 7) is 7.69. The molecule has 0 atom stereocenters. The maximum Gasteiger partial charge on any atom is 0.407 e. The number of carbonyl (C=O) groups is 2. The SMILES string of the molecule is CN(C)CCN(Cc1ccc(C#N)cc1)C(=O)CCCNC(=O)OC(C)(C)C. The van der Waals surface area contributed by atoms with Crippen LogP contribution in [0.1, 0.15) is 44.7 Å². The fourth-order valence-electron chi connectivity index (χ4n) is 2.42. The summed E-state index contributed by atoms with van der Waals surface area (Å²) in [5, 5.41) is 11.6. The molecule has 0 aromatic heterocycles. The molecule has 0 bridgehead atoms. The molecule has 1 aromatic rings. The zero-order valence-electron chi connectivity index (χ0n) is 17.6. The molecule has 1 aromatic carbocycles. The largest absolute Gasteiger partial charge is 0.444 e. The molecule has 0 unspecified atom stereocenters. The lowest BCUT2D eigenvalue weighted by molar-refractivity contribution is -0.132.